The van der Waals surface area contributed by atoms with Gasteiger partial charge >= 0.3 is 0 Å². The lowest BCUT2D eigenvalue weighted by atomic mass is 9.95. The molecule has 0 spiro atoms. The van der Waals surface area contributed by atoms with E-state index >= 15 is 0 Å². The number of halogens is 1. The molecule has 3 rings (SSSR count). The number of amides is 1. The Hall–Kier alpha value is -1.49. The van der Waals surface area contributed by atoms with E-state index in [0.29, 0.717) is 5.92 Å². The van der Waals surface area contributed by atoms with Crippen molar-refractivity contribution < 1.29 is 4.79 Å². The van der Waals surface area contributed by atoms with Gasteiger partial charge in [0.1, 0.15) is 0 Å². The van der Waals surface area contributed by atoms with Crippen molar-refractivity contribution in [2.24, 2.45) is 5.92 Å². The fourth-order valence-corrected chi connectivity index (χ4v) is 3.78. The van der Waals surface area contributed by atoms with Gasteiger partial charge in [0, 0.05) is 22.3 Å². The summed E-state index contributed by atoms with van der Waals surface area (Å²) in [6.45, 7) is 4.13. The second-order valence-corrected chi connectivity index (χ2v) is 7.40. The maximum Gasteiger partial charge on any atom is 0.251 e. The van der Waals surface area contributed by atoms with Gasteiger partial charge in [-0.25, -0.2) is 0 Å². The van der Waals surface area contributed by atoms with E-state index in [4.69, 9.17) is 0 Å². The molecule has 1 amide bonds. The average Bonchev–Trinajstić information content (AvgIpc) is 2.63. The molecule has 0 saturated carbocycles. The summed E-state index contributed by atoms with van der Waals surface area (Å²) in [5.41, 5.74) is 2.05. The molecule has 0 bridgehead atoms. The molecule has 3 nitrogen and oxygen atoms in total. The van der Waals surface area contributed by atoms with Crippen LogP contribution in [0.1, 0.15) is 29.3 Å². The van der Waals surface area contributed by atoms with E-state index in [-0.39, 0.29) is 24.4 Å². The summed E-state index contributed by atoms with van der Waals surface area (Å²) in [6.07, 6.45) is 0.998. The van der Waals surface area contributed by atoms with Gasteiger partial charge < -0.3 is 10.6 Å². The first kappa shape index (κ1) is 19.8. The predicted molar refractivity (Wildman–Crippen MR) is 108 cm³/mol. The highest BCUT2D eigenvalue weighted by atomic mass is 35.5. The van der Waals surface area contributed by atoms with E-state index in [1.807, 2.05) is 30.3 Å². The van der Waals surface area contributed by atoms with Crippen molar-refractivity contribution in [3.05, 3.63) is 65.7 Å². The third kappa shape index (κ3) is 5.77. The molecule has 2 N–H and O–H groups in total. The minimum atomic E-state index is 0. The lowest BCUT2D eigenvalue weighted by molar-refractivity contribution is 0.0914. The van der Waals surface area contributed by atoms with Crippen LogP contribution in [0, 0.1) is 5.92 Å². The monoisotopic (exact) mass is 376 g/mol. The van der Waals surface area contributed by atoms with Crippen LogP contribution in [0.25, 0.3) is 0 Å². The second kappa shape index (κ2) is 9.85. The van der Waals surface area contributed by atoms with Crippen molar-refractivity contribution in [1.82, 2.24) is 10.6 Å². The fraction of sp³-hybridized carbons (Fsp3) is 0.350. The molecular weight excluding hydrogens is 352 g/mol. The summed E-state index contributed by atoms with van der Waals surface area (Å²) in [4.78, 5) is 13.6. The highest BCUT2D eigenvalue weighted by Gasteiger charge is 2.22. The Kier molecular flexibility index (Phi) is 7.82. The third-order valence-corrected chi connectivity index (χ3v) is 5.55. The fourth-order valence-electron chi connectivity index (χ4n) is 2.92. The Balaban J connectivity index is 0.00000225. The quantitative estimate of drug-likeness (QED) is 0.771. The summed E-state index contributed by atoms with van der Waals surface area (Å²) in [7, 11) is 0. The SMILES string of the molecule is CC1CNCCC1NC(=O)c1ccc(SCc2ccccc2)cc1.Cl. The molecule has 0 radical (unpaired) electrons. The molecule has 2 aromatic carbocycles. The van der Waals surface area contributed by atoms with Crippen LogP contribution in [-0.4, -0.2) is 25.0 Å². The first-order valence-corrected chi connectivity index (χ1v) is 9.49. The van der Waals surface area contributed by atoms with Gasteiger partial charge in [-0.1, -0.05) is 37.3 Å². The molecule has 0 aromatic heterocycles. The van der Waals surface area contributed by atoms with Gasteiger partial charge in [-0.05, 0) is 55.3 Å². The Morgan fingerprint density at radius 2 is 1.88 bits per heavy atom. The van der Waals surface area contributed by atoms with Crippen LogP contribution in [0.4, 0.5) is 0 Å². The van der Waals surface area contributed by atoms with E-state index in [9.17, 15) is 4.79 Å². The largest absolute Gasteiger partial charge is 0.349 e. The maximum atomic E-state index is 12.4. The Bertz CT molecular complexity index is 663. The van der Waals surface area contributed by atoms with Crippen LogP contribution in [0.3, 0.4) is 0 Å². The van der Waals surface area contributed by atoms with E-state index < -0.39 is 0 Å². The van der Waals surface area contributed by atoms with Gasteiger partial charge in [-0.15, -0.1) is 24.2 Å². The second-order valence-electron chi connectivity index (χ2n) is 6.35. The van der Waals surface area contributed by atoms with Gasteiger partial charge in [-0.2, -0.15) is 0 Å². The number of hydrogen-bond donors (Lipinski definition) is 2. The van der Waals surface area contributed by atoms with Crippen LogP contribution < -0.4 is 10.6 Å². The smallest absolute Gasteiger partial charge is 0.251 e. The van der Waals surface area contributed by atoms with Crippen LogP contribution in [-0.2, 0) is 5.75 Å². The molecule has 2 aromatic rings. The van der Waals surface area contributed by atoms with Gasteiger partial charge in [-0.3, -0.25) is 4.79 Å². The van der Waals surface area contributed by atoms with E-state index in [0.717, 1.165) is 30.8 Å². The molecule has 1 fully saturated rings. The third-order valence-electron chi connectivity index (χ3n) is 4.47. The minimum absolute atomic E-state index is 0. The summed E-state index contributed by atoms with van der Waals surface area (Å²) in [5.74, 6) is 1.45. The summed E-state index contributed by atoms with van der Waals surface area (Å²) >= 11 is 1.79. The van der Waals surface area contributed by atoms with Crippen molar-refractivity contribution in [3.63, 3.8) is 0 Å². The van der Waals surface area contributed by atoms with Crippen molar-refractivity contribution >= 4 is 30.1 Å². The van der Waals surface area contributed by atoms with Gasteiger partial charge in [0.05, 0.1) is 0 Å². The van der Waals surface area contributed by atoms with E-state index in [2.05, 4.69) is 41.8 Å². The topological polar surface area (TPSA) is 41.1 Å². The number of benzene rings is 2. The van der Waals surface area contributed by atoms with Crippen molar-refractivity contribution in [3.8, 4) is 0 Å². The molecule has 1 heterocycles. The maximum absolute atomic E-state index is 12.4. The van der Waals surface area contributed by atoms with Gasteiger partial charge in [0.2, 0.25) is 0 Å². The van der Waals surface area contributed by atoms with E-state index in [1.165, 1.54) is 10.5 Å². The normalized spacial score (nSPS) is 19.7. The highest BCUT2D eigenvalue weighted by molar-refractivity contribution is 7.98. The average molecular weight is 377 g/mol. The van der Waals surface area contributed by atoms with E-state index in [1.54, 1.807) is 11.8 Å². The minimum Gasteiger partial charge on any atom is -0.349 e. The Labute approximate surface area is 160 Å². The zero-order valence-corrected chi connectivity index (χ0v) is 16.0. The Morgan fingerprint density at radius 3 is 2.56 bits per heavy atom. The summed E-state index contributed by atoms with van der Waals surface area (Å²) < 4.78 is 0. The number of nitrogens with one attached hydrogen (secondary N) is 2. The molecule has 1 saturated heterocycles. The Morgan fingerprint density at radius 1 is 1.16 bits per heavy atom. The molecule has 0 aliphatic carbocycles. The molecule has 5 heteroatoms. The van der Waals surface area contributed by atoms with Crippen LogP contribution >= 0.6 is 24.2 Å². The van der Waals surface area contributed by atoms with Gasteiger partial charge in [0.15, 0.2) is 0 Å². The molecular formula is C20H25ClN2OS. The number of rotatable bonds is 5. The van der Waals surface area contributed by atoms with Crippen LogP contribution in [0.15, 0.2) is 59.5 Å². The van der Waals surface area contributed by atoms with Crippen molar-refractivity contribution in [1.29, 1.82) is 0 Å². The molecule has 134 valence electrons. The standard InChI is InChI=1S/C20H24N2OS.ClH/c1-15-13-21-12-11-19(15)22-20(23)17-7-9-18(10-8-17)24-14-16-5-3-2-4-6-16;/h2-10,15,19,21H,11-14H2,1H3,(H,22,23);1H. The zero-order chi connectivity index (χ0) is 16.8. The molecule has 1 aliphatic heterocycles. The highest BCUT2D eigenvalue weighted by Crippen LogP contribution is 2.23. The van der Waals surface area contributed by atoms with Crippen LogP contribution in [0.2, 0.25) is 0 Å². The summed E-state index contributed by atoms with van der Waals surface area (Å²) in [6, 6.07) is 18.6. The first-order chi connectivity index (χ1) is 11.7. The zero-order valence-electron chi connectivity index (χ0n) is 14.4. The molecule has 2 unspecified atom stereocenters. The van der Waals surface area contributed by atoms with Gasteiger partial charge in [0.25, 0.3) is 5.91 Å². The lowest BCUT2D eigenvalue weighted by Gasteiger charge is -2.30. The number of carbonyl (C=O) groups is 1. The number of hydrogen-bond acceptors (Lipinski definition) is 3. The number of carbonyl (C=O) groups excluding carboxylic acids is 1. The molecule has 25 heavy (non-hydrogen) atoms. The molecule has 2 atom stereocenters. The van der Waals surface area contributed by atoms with Crippen molar-refractivity contribution in [2.45, 2.75) is 30.0 Å². The number of thioether (sulfide) groups is 1. The predicted octanol–water partition coefficient (Wildman–Crippen LogP) is 4.13. The first-order valence-electron chi connectivity index (χ1n) is 8.51. The lowest BCUT2D eigenvalue weighted by Crippen LogP contribution is -2.48. The molecule has 1 aliphatic rings. The summed E-state index contributed by atoms with van der Waals surface area (Å²) in [5, 5.41) is 6.53. The van der Waals surface area contributed by atoms with Crippen molar-refractivity contribution in [2.75, 3.05) is 13.1 Å². The number of piperidine rings is 1. The van der Waals surface area contributed by atoms with Crippen LogP contribution in [0.5, 0.6) is 0 Å².